The van der Waals surface area contributed by atoms with Gasteiger partial charge in [0, 0.05) is 23.0 Å². The summed E-state index contributed by atoms with van der Waals surface area (Å²) in [5, 5.41) is 6.97. The highest BCUT2D eigenvalue weighted by Crippen LogP contribution is 2.28. The minimum absolute atomic E-state index is 0.0133. The lowest BCUT2D eigenvalue weighted by atomic mass is 9.91. The van der Waals surface area contributed by atoms with E-state index in [0.29, 0.717) is 22.3 Å². The fourth-order valence-electron chi connectivity index (χ4n) is 3.75. The van der Waals surface area contributed by atoms with E-state index in [4.69, 9.17) is 0 Å². The van der Waals surface area contributed by atoms with Crippen molar-refractivity contribution < 1.29 is 18.0 Å². The average Bonchev–Trinajstić information content (AvgIpc) is 2.75. The molecule has 1 heterocycles. The van der Waals surface area contributed by atoms with Gasteiger partial charge in [0.2, 0.25) is 0 Å². The van der Waals surface area contributed by atoms with Gasteiger partial charge in [0.1, 0.15) is 11.6 Å². The van der Waals surface area contributed by atoms with Gasteiger partial charge in [0.05, 0.1) is 5.52 Å². The number of hydrogen-bond acceptors (Lipinski definition) is 4. The molecule has 30 heavy (non-hydrogen) atoms. The topological polar surface area (TPSA) is 66.9 Å². The van der Waals surface area contributed by atoms with Crippen molar-refractivity contribution in [1.29, 1.82) is 0 Å². The fourth-order valence-corrected chi connectivity index (χ4v) is 3.75. The highest BCUT2D eigenvalue weighted by atomic mass is 19.3. The van der Waals surface area contributed by atoms with Crippen LogP contribution in [-0.2, 0) is 0 Å². The van der Waals surface area contributed by atoms with Gasteiger partial charge in [-0.25, -0.2) is 23.1 Å². The molecule has 0 aliphatic heterocycles. The molecule has 1 saturated carbocycles. The summed E-state index contributed by atoms with van der Waals surface area (Å²) in [7, 11) is 0. The van der Waals surface area contributed by atoms with E-state index < -0.39 is 12.2 Å². The first-order valence-corrected chi connectivity index (χ1v) is 9.87. The molecule has 0 radical (unpaired) electrons. The highest BCUT2D eigenvalue weighted by Gasteiger charge is 2.24. The Morgan fingerprint density at radius 1 is 0.933 bits per heavy atom. The van der Waals surface area contributed by atoms with Crippen LogP contribution in [0.1, 0.15) is 48.3 Å². The predicted molar refractivity (Wildman–Crippen MR) is 108 cm³/mol. The average molecular weight is 414 g/mol. The summed E-state index contributed by atoms with van der Waals surface area (Å²) in [5.41, 5.74) is 0.897. The van der Waals surface area contributed by atoms with Gasteiger partial charge in [-0.1, -0.05) is 12.1 Å². The summed E-state index contributed by atoms with van der Waals surface area (Å²) < 4.78 is 39.4. The molecule has 0 bridgehead atoms. The summed E-state index contributed by atoms with van der Waals surface area (Å²) in [4.78, 5) is 20.3. The maximum atomic E-state index is 13.2. The van der Waals surface area contributed by atoms with Gasteiger partial charge in [-0.15, -0.1) is 0 Å². The van der Waals surface area contributed by atoms with Crippen molar-refractivity contribution >= 4 is 22.6 Å². The van der Waals surface area contributed by atoms with Crippen molar-refractivity contribution in [2.75, 3.05) is 5.32 Å². The number of carbonyl (C=O) groups is 1. The molecule has 2 N–H and O–H groups in total. The molecule has 1 aliphatic rings. The maximum absolute atomic E-state index is 13.2. The van der Waals surface area contributed by atoms with Gasteiger partial charge >= 0.3 is 0 Å². The third-order valence-corrected chi connectivity index (χ3v) is 5.33. The molecular formula is C22H21F3N4O. The summed E-state index contributed by atoms with van der Waals surface area (Å²) >= 11 is 0. The summed E-state index contributed by atoms with van der Waals surface area (Å²) in [6, 6.07) is 12.6. The lowest BCUT2D eigenvalue weighted by Gasteiger charge is -2.30. The Labute approximate surface area is 171 Å². The Balaban J connectivity index is 1.39. The number of hydrogen-bond donors (Lipinski definition) is 2. The number of aromatic nitrogens is 2. The normalized spacial score (nSPS) is 19.1. The van der Waals surface area contributed by atoms with E-state index in [-0.39, 0.29) is 23.8 Å². The lowest BCUT2D eigenvalue weighted by molar-refractivity contribution is 0.0926. The van der Waals surface area contributed by atoms with Crippen molar-refractivity contribution in [3.63, 3.8) is 0 Å². The number of nitrogens with zero attached hydrogens (tertiary/aromatic N) is 2. The molecule has 4 rings (SSSR count). The second-order valence-corrected chi connectivity index (χ2v) is 7.42. The van der Waals surface area contributed by atoms with E-state index >= 15 is 0 Å². The van der Waals surface area contributed by atoms with Gasteiger partial charge in [0.25, 0.3) is 12.3 Å². The van der Waals surface area contributed by atoms with Gasteiger partial charge in [-0.3, -0.25) is 4.79 Å². The smallest absolute Gasteiger partial charge is 0.297 e. The van der Waals surface area contributed by atoms with Crippen LogP contribution in [0.5, 0.6) is 0 Å². The van der Waals surface area contributed by atoms with Crippen LogP contribution < -0.4 is 10.6 Å². The zero-order valence-corrected chi connectivity index (χ0v) is 16.1. The van der Waals surface area contributed by atoms with E-state index in [1.165, 1.54) is 24.3 Å². The van der Waals surface area contributed by atoms with Crippen LogP contribution in [0.4, 0.5) is 19.0 Å². The Hall–Kier alpha value is -3.16. The first-order chi connectivity index (χ1) is 14.5. The van der Waals surface area contributed by atoms with Crippen LogP contribution in [0.15, 0.2) is 48.5 Å². The molecule has 8 heteroatoms. The van der Waals surface area contributed by atoms with Crippen molar-refractivity contribution in [1.82, 2.24) is 15.3 Å². The standard InChI is InChI=1S/C22H21F3N4O/c23-14-7-5-13(6-8-14)22(30)27-16-11-9-15(10-12-16)26-20-17-3-1-2-4-18(17)28-21(29-20)19(24)25/h1-8,15-16,19H,9-12H2,(H,27,30)(H,26,28,29)/t15-,16+. The Kier molecular flexibility index (Phi) is 5.83. The molecule has 0 spiro atoms. The van der Waals surface area contributed by atoms with E-state index in [1.807, 2.05) is 12.1 Å². The number of nitrogens with one attached hydrogen (secondary N) is 2. The molecule has 2 aromatic carbocycles. The van der Waals surface area contributed by atoms with Gasteiger partial charge < -0.3 is 10.6 Å². The first kappa shape index (κ1) is 20.1. The number of benzene rings is 2. The van der Waals surface area contributed by atoms with Gasteiger partial charge in [-0.2, -0.15) is 0 Å². The molecule has 1 aliphatic carbocycles. The molecule has 156 valence electrons. The van der Waals surface area contributed by atoms with Crippen molar-refractivity contribution in [2.45, 2.75) is 44.2 Å². The number of carbonyl (C=O) groups excluding carboxylic acids is 1. The minimum atomic E-state index is -2.74. The number of amides is 1. The number of para-hydroxylation sites is 1. The van der Waals surface area contributed by atoms with E-state index in [0.717, 1.165) is 25.7 Å². The summed E-state index contributed by atoms with van der Waals surface area (Å²) in [5.74, 6) is -0.689. The lowest BCUT2D eigenvalue weighted by Crippen LogP contribution is -2.40. The molecular weight excluding hydrogens is 393 g/mol. The summed E-state index contributed by atoms with van der Waals surface area (Å²) in [6.45, 7) is 0. The Morgan fingerprint density at radius 2 is 1.60 bits per heavy atom. The Morgan fingerprint density at radius 3 is 2.30 bits per heavy atom. The monoisotopic (exact) mass is 414 g/mol. The number of fused-ring (bicyclic) bond motifs is 1. The molecule has 1 aromatic heterocycles. The first-order valence-electron chi connectivity index (χ1n) is 9.87. The third-order valence-electron chi connectivity index (χ3n) is 5.33. The third kappa shape index (κ3) is 4.53. The molecule has 1 amide bonds. The van der Waals surface area contributed by atoms with E-state index in [1.54, 1.807) is 12.1 Å². The second-order valence-electron chi connectivity index (χ2n) is 7.42. The Bertz CT molecular complexity index is 1030. The zero-order valence-electron chi connectivity index (χ0n) is 16.1. The highest BCUT2D eigenvalue weighted by molar-refractivity contribution is 5.94. The zero-order chi connectivity index (χ0) is 21.1. The van der Waals surface area contributed by atoms with Crippen LogP contribution in [0.25, 0.3) is 10.9 Å². The van der Waals surface area contributed by atoms with Gasteiger partial charge in [-0.05, 0) is 62.1 Å². The number of alkyl halides is 2. The van der Waals surface area contributed by atoms with Crippen LogP contribution in [-0.4, -0.2) is 28.0 Å². The SMILES string of the molecule is O=C(N[C@H]1CC[C@@H](Nc2nc(C(F)F)nc3ccccc23)CC1)c1ccc(F)cc1. The van der Waals surface area contributed by atoms with Crippen molar-refractivity contribution in [3.05, 3.63) is 65.7 Å². The molecule has 0 unspecified atom stereocenters. The molecule has 0 saturated heterocycles. The van der Waals surface area contributed by atoms with Crippen LogP contribution in [0, 0.1) is 5.82 Å². The van der Waals surface area contributed by atoms with Crippen LogP contribution in [0.3, 0.4) is 0 Å². The van der Waals surface area contributed by atoms with Crippen molar-refractivity contribution in [3.8, 4) is 0 Å². The minimum Gasteiger partial charge on any atom is -0.367 e. The summed E-state index contributed by atoms with van der Waals surface area (Å²) in [6.07, 6.45) is 0.269. The second kappa shape index (κ2) is 8.69. The largest absolute Gasteiger partial charge is 0.367 e. The van der Waals surface area contributed by atoms with Crippen LogP contribution in [0.2, 0.25) is 0 Å². The number of rotatable bonds is 5. The number of halogens is 3. The molecule has 3 aromatic rings. The maximum Gasteiger partial charge on any atom is 0.297 e. The molecule has 0 atom stereocenters. The van der Waals surface area contributed by atoms with E-state index in [2.05, 4.69) is 20.6 Å². The van der Waals surface area contributed by atoms with Gasteiger partial charge in [0.15, 0.2) is 5.82 Å². The quantitative estimate of drug-likeness (QED) is 0.626. The van der Waals surface area contributed by atoms with Crippen LogP contribution >= 0.6 is 0 Å². The fraction of sp³-hybridized carbons (Fsp3) is 0.318. The predicted octanol–water partition coefficient (Wildman–Crippen LogP) is 4.86. The van der Waals surface area contributed by atoms with E-state index in [9.17, 15) is 18.0 Å². The number of anilines is 1. The molecule has 1 fully saturated rings. The van der Waals surface area contributed by atoms with Crippen molar-refractivity contribution in [2.24, 2.45) is 0 Å². The molecule has 5 nitrogen and oxygen atoms in total.